The summed E-state index contributed by atoms with van der Waals surface area (Å²) in [4.78, 5) is 32.0. The van der Waals surface area contributed by atoms with Crippen molar-refractivity contribution < 1.29 is 18.7 Å². The summed E-state index contributed by atoms with van der Waals surface area (Å²) in [5.74, 6) is 0.792. The standard InChI is InChI=1S/C29H34FN5O3/c1-4-21(2)35(29(37)23-6-10-24(30)11-7-23)20-28(36)34-17-5-16-33(18-19-34)27-15-14-26(31-32-27)22-8-12-25(38-3)13-9-22/h6-15,21H,4-5,16-20H2,1-3H3. The van der Waals surface area contributed by atoms with E-state index in [1.807, 2.05) is 55.1 Å². The Balaban J connectivity index is 1.38. The number of nitrogens with zero attached hydrogens (tertiary/aromatic N) is 5. The van der Waals surface area contributed by atoms with Crippen molar-refractivity contribution in [2.24, 2.45) is 0 Å². The molecular weight excluding hydrogens is 485 g/mol. The molecule has 200 valence electrons. The first-order chi connectivity index (χ1) is 18.4. The van der Waals surface area contributed by atoms with Crippen LogP contribution in [0.25, 0.3) is 11.3 Å². The van der Waals surface area contributed by atoms with E-state index in [1.165, 1.54) is 24.3 Å². The van der Waals surface area contributed by atoms with Crippen LogP contribution in [0.4, 0.5) is 10.2 Å². The zero-order chi connectivity index (χ0) is 27.1. The second-order valence-electron chi connectivity index (χ2n) is 9.42. The summed E-state index contributed by atoms with van der Waals surface area (Å²) in [5, 5.41) is 8.85. The van der Waals surface area contributed by atoms with Crippen LogP contribution in [0.2, 0.25) is 0 Å². The molecule has 0 spiro atoms. The maximum absolute atomic E-state index is 13.3. The Hall–Kier alpha value is -4.01. The fraction of sp³-hybridized carbons (Fsp3) is 0.379. The normalized spacial score (nSPS) is 14.5. The van der Waals surface area contributed by atoms with Gasteiger partial charge in [0.1, 0.15) is 18.1 Å². The number of aromatic nitrogens is 2. The van der Waals surface area contributed by atoms with Crippen LogP contribution in [0.15, 0.2) is 60.7 Å². The van der Waals surface area contributed by atoms with E-state index in [2.05, 4.69) is 15.1 Å². The predicted octanol–water partition coefficient (Wildman–Crippen LogP) is 4.27. The first-order valence-electron chi connectivity index (χ1n) is 13.0. The van der Waals surface area contributed by atoms with E-state index < -0.39 is 5.82 Å². The number of carbonyl (C=O) groups is 2. The van der Waals surface area contributed by atoms with Gasteiger partial charge in [0.2, 0.25) is 5.91 Å². The van der Waals surface area contributed by atoms with Crippen molar-refractivity contribution in [3.8, 4) is 17.0 Å². The first kappa shape index (κ1) is 27.0. The van der Waals surface area contributed by atoms with Crippen molar-refractivity contribution in [1.29, 1.82) is 0 Å². The summed E-state index contributed by atoms with van der Waals surface area (Å²) in [7, 11) is 1.63. The molecule has 0 saturated carbocycles. The van der Waals surface area contributed by atoms with Crippen molar-refractivity contribution in [3.63, 3.8) is 0 Å². The maximum Gasteiger partial charge on any atom is 0.254 e. The van der Waals surface area contributed by atoms with E-state index in [9.17, 15) is 14.0 Å². The molecule has 2 amide bonds. The number of hydrogen-bond acceptors (Lipinski definition) is 6. The fourth-order valence-corrected chi connectivity index (χ4v) is 4.46. The number of benzene rings is 2. The van der Waals surface area contributed by atoms with E-state index >= 15 is 0 Å². The largest absolute Gasteiger partial charge is 0.497 e. The Bertz CT molecular complexity index is 1220. The molecule has 38 heavy (non-hydrogen) atoms. The lowest BCUT2D eigenvalue weighted by Crippen LogP contribution is -2.47. The van der Waals surface area contributed by atoms with Gasteiger partial charge in [-0.25, -0.2) is 4.39 Å². The summed E-state index contributed by atoms with van der Waals surface area (Å²) in [6.45, 7) is 6.40. The molecule has 8 nitrogen and oxygen atoms in total. The van der Waals surface area contributed by atoms with Gasteiger partial charge in [0.05, 0.1) is 12.8 Å². The summed E-state index contributed by atoms with van der Waals surface area (Å²) in [6.07, 6.45) is 1.49. The summed E-state index contributed by atoms with van der Waals surface area (Å²) in [6, 6.07) is 16.9. The number of amides is 2. The van der Waals surface area contributed by atoms with Crippen LogP contribution in [0, 0.1) is 5.82 Å². The van der Waals surface area contributed by atoms with Gasteiger partial charge in [0, 0.05) is 43.3 Å². The molecule has 1 saturated heterocycles. The quantitative estimate of drug-likeness (QED) is 0.442. The predicted molar refractivity (Wildman–Crippen MR) is 145 cm³/mol. The Morgan fingerprint density at radius 3 is 2.34 bits per heavy atom. The van der Waals surface area contributed by atoms with Crippen molar-refractivity contribution in [3.05, 3.63) is 72.0 Å². The van der Waals surface area contributed by atoms with Crippen LogP contribution in [-0.4, -0.2) is 77.7 Å². The molecule has 1 atom stereocenters. The molecule has 1 fully saturated rings. The molecule has 0 aliphatic carbocycles. The van der Waals surface area contributed by atoms with Gasteiger partial charge in [0.25, 0.3) is 5.91 Å². The summed E-state index contributed by atoms with van der Waals surface area (Å²) in [5.41, 5.74) is 2.11. The van der Waals surface area contributed by atoms with Crippen LogP contribution in [0.1, 0.15) is 37.0 Å². The highest BCUT2D eigenvalue weighted by Crippen LogP contribution is 2.22. The van der Waals surface area contributed by atoms with E-state index in [0.29, 0.717) is 31.6 Å². The van der Waals surface area contributed by atoms with Gasteiger partial charge in [-0.1, -0.05) is 6.92 Å². The monoisotopic (exact) mass is 519 g/mol. The topological polar surface area (TPSA) is 78.9 Å². The van der Waals surface area contributed by atoms with Gasteiger partial charge in [-0.3, -0.25) is 9.59 Å². The SMILES string of the molecule is CCC(C)N(CC(=O)N1CCCN(c2ccc(-c3ccc(OC)cc3)nn2)CC1)C(=O)c1ccc(F)cc1. The molecule has 1 aliphatic rings. The molecule has 0 N–H and O–H groups in total. The van der Waals surface area contributed by atoms with Crippen molar-refractivity contribution >= 4 is 17.6 Å². The third kappa shape index (κ3) is 6.45. The number of hydrogen-bond donors (Lipinski definition) is 0. The zero-order valence-electron chi connectivity index (χ0n) is 22.1. The van der Waals surface area contributed by atoms with Crippen LogP contribution in [0.3, 0.4) is 0 Å². The average Bonchev–Trinajstić information content (AvgIpc) is 3.22. The highest BCUT2D eigenvalue weighted by Gasteiger charge is 2.27. The second kappa shape index (κ2) is 12.5. The minimum absolute atomic E-state index is 0.0123. The smallest absolute Gasteiger partial charge is 0.254 e. The number of anilines is 1. The van der Waals surface area contributed by atoms with Crippen LogP contribution in [-0.2, 0) is 4.79 Å². The second-order valence-corrected chi connectivity index (χ2v) is 9.42. The molecule has 2 heterocycles. The maximum atomic E-state index is 13.3. The van der Waals surface area contributed by atoms with Crippen LogP contribution < -0.4 is 9.64 Å². The van der Waals surface area contributed by atoms with Gasteiger partial charge in [-0.15, -0.1) is 10.2 Å². The van der Waals surface area contributed by atoms with Gasteiger partial charge in [-0.05, 0) is 80.4 Å². The number of methoxy groups -OCH3 is 1. The zero-order valence-corrected chi connectivity index (χ0v) is 22.1. The Morgan fingerprint density at radius 1 is 0.974 bits per heavy atom. The molecule has 9 heteroatoms. The highest BCUT2D eigenvalue weighted by atomic mass is 19.1. The van der Waals surface area contributed by atoms with E-state index in [0.717, 1.165) is 35.8 Å². The lowest BCUT2D eigenvalue weighted by Gasteiger charge is -2.31. The number of carbonyl (C=O) groups excluding carboxylic acids is 2. The van der Waals surface area contributed by atoms with Crippen molar-refractivity contribution in [1.82, 2.24) is 20.0 Å². The minimum atomic E-state index is -0.401. The molecular formula is C29H34FN5O3. The third-order valence-electron chi connectivity index (χ3n) is 6.99. The van der Waals surface area contributed by atoms with Crippen molar-refractivity contribution in [2.45, 2.75) is 32.7 Å². The average molecular weight is 520 g/mol. The minimum Gasteiger partial charge on any atom is -0.497 e. The van der Waals surface area contributed by atoms with E-state index in [-0.39, 0.29) is 24.4 Å². The number of halogens is 1. The molecule has 1 aromatic heterocycles. The Morgan fingerprint density at radius 2 is 1.71 bits per heavy atom. The van der Waals surface area contributed by atoms with Gasteiger partial charge in [0.15, 0.2) is 5.82 Å². The number of ether oxygens (including phenoxy) is 1. The number of rotatable bonds is 8. The lowest BCUT2D eigenvalue weighted by atomic mass is 10.1. The molecule has 0 radical (unpaired) electrons. The molecule has 2 aromatic carbocycles. The van der Waals surface area contributed by atoms with Gasteiger partial charge >= 0.3 is 0 Å². The Kier molecular flexibility index (Phi) is 8.89. The van der Waals surface area contributed by atoms with E-state index in [1.54, 1.807) is 12.0 Å². The molecule has 4 rings (SSSR count). The fourth-order valence-electron chi connectivity index (χ4n) is 4.46. The Labute approximate surface area is 223 Å². The molecule has 1 unspecified atom stereocenters. The third-order valence-corrected chi connectivity index (χ3v) is 6.99. The highest BCUT2D eigenvalue weighted by molar-refractivity contribution is 5.96. The van der Waals surface area contributed by atoms with Gasteiger partial charge < -0.3 is 19.4 Å². The lowest BCUT2D eigenvalue weighted by molar-refractivity contribution is -0.132. The molecule has 3 aromatic rings. The summed E-state index contributed by atoms with van der Waals surface area (Å²) < 4.78 is 18.6. The van der Waals surface area contributed by atoms with Crippen molar-refractivity contribution in [2.75, 3.05) is 44.7 Å². The molecule has 1 aliphatic heterocycles. The van der Waals surface area contributed by atoms with Gasteiger partial charge in [-0.2, -0.15) is 0 Å². The summed E-state index contributed by atoms with van der Waals surface area (Å²) >= 11 is 0. The van der Waals surface area contributed by atoms with Crippen LogP contribution in [0.5, 0.6) is 5.75 Å². The molecule has 0 bridgehead atoms. The van der Waals surface area contributed by atoms with E-state index in [4.69, 9.17) is 4.74 Å². The first-order valence-corrected chi connectivity index (χ1v) is 13.0. The van der Waals surface area contributed by atoms with Crippen LogP contribution >= 0.6 is 0 Å².